The molecule has 0 saturated carbocycles. The molecule has 2 rings (SSSR count). The summed E-state index contributed by atoms with van der Waals surface area (Å²) in [5.74, 6) is 1.08. The molecule has 0 amide bonds. The first-order valence-corrected chi connectivity index (χ1v) is 5.22. The van der Waals surface area contributed by atoms with Crippen molar-refractivity contribution >= 4 is 5.82 Å². The van der Waals surface area contributed by atoms with Crippen LogP contribution in [0, 0.1) is 0 Å². The number of hydrogen-bond acceptors (Lipinski definition) is 3. The average molecular weight is 191 g/mol. The predicted molar refractivity (Wildman–Crippen MR) is 58.5 cm³/mol. The highest BCUT2D eigenvalue weighted by Crippen LogP contribution is 2.16. The first kappa shape index (κ1) is 9.46. The Bertz CT molecular complexity index is 267. The molecule has 0 unspecified atom stereocenters. The van der Waals surface area contributed by atoms with Gasteiger partial charge in [-0.3, -0.25) is 0 Å². The van der Waals surface area contributed by atoms with Gasteiger partial charge in [0.05, 0.1) is 0 Å². The zero-order chi connectivity index (χ0) is 9.80. The second-order valence-electron chi connectivity index (χ2n) is 3.78. The van der Waals surface area contributed by atoms with Gasteiger partial charge in [0.15, 0.2) is 0 Å². The SMILES string of the molecule is CN(c1ccccn1)C1CCNCC1. The van der Waals surface area contributed by atoms with E-state index in [0.717, 1.165) is 18.9 Å². The van der Waals surface area contributed by atoms with Crippen LogP contribution in [0.15, 0.2) is 24.4 Å². The number of aromatic nitrogens is 1. The van der Waals surface area contributed by atoms with Crippen LogP contribution in [0.4, 0.5) is 5.82 Å². The lowest BCUT2D eigenvalue weighted by Gasteiger charge is -2.32. The fourth-order valence-corrected chi connectivity index (χ4v) is 1.94. The molecule has 0 aliphatic carbocycles. The van der Waals surface area contributed by atoms with Crippen molar-refractivity contribution in [1.29, 1.82) is 0 Å². The van der Waals surface area contributed by atoms with E-state index in [9.17, 15) is 0 Å². The first-order chi connectivity index (χ1) is 6.88. The van der Waals surface area contributed by atoms with Gasteiger partial charge in [-0.1, -0.05) is 6.07 Å². The molecule has 0 atom stereocenters. The zero-order valence-corrected chi connectivity index (χ0v) is 8.61. The van der Waals surface area contributed by atoms with Crippen molar-refractivity contribution in [3.8, 4) is 0 Å². The predicted octanol–water partition coefficient (Wildman–Crippen LogP) is 1.27. The standard InChI is InChI=1S/C11H17N3/c1-14(10-5-8-12-9-6-10)11-4-2-3-7-13-11/h2-4,7,10,12H,5-6,8-9H2,1H3. The fourth-order valence-electron chi connectivity index (χ4n) is 1.94. The molecule has 1 N–H and O–H groups in total. The topological polar surface area (TPSA) is 28.2 Å². The molecule has 1 aromatic rings. The molecule has 76 valence electrons. The highest BCUT2D eigenvalue weighted by atomic mass is 15.2. The van der Waals surface area contributed by atoms with Crippen molar-refractivity contribution in [2.24, 2.45) is 0 Å². The van der Waals surface area contributed by atoms with Crippen LogP contribution in [0.2, 0.25) is 0 Å². The summed E-state index contributed by atoms with van der Waals surface area (Å²) in [4.78, 5) is 6.65. The highest BCUT2D eigenvalue weighted by molar-refractivity contribution is 5.37. The van der Waals surface area contributed by atoms with Crippen molar-refractivity contribution in [2.45, 2.75) is 18.9 Å². The third-order valence-electron chi connectivity index (χ3n) is 2.87. The molecule has 0 bridgehead atoms. The minimum atomic E-state index is 0.645. The van der Waals surface area contributed by atoms with E-state index in [1.807, 2.05) is 18.3 Å². The minimum absolute atomic E-state index is 0.645. The lowest BCUT2D eigenvalue weighted by molar-refractivity contribution is 0.442. The van der Waals surface area contributed by atoms with Crippen molar-refractivity contribution in [3.05, 3.63) is 24.4 Å². The molecule has 14 heavy (non-hydrogen) atoms. The normalized spacial score (nSPS) is 18.1. The summed E-state index contributed by atoms with van der Waals surface area (Å²) >= 11 is 0. The Balaban J connectivity index is 2.03. The van der Waals surface area contributed by atoms with Gasteiger partial charge in [-0.25, -0.2) is 4.98 Å². The van der Waals surface area contributed by atoms with Crippen LogP contribution in [0.1, 0.15) is 12.8 Å². The molecule has 0 aromatic carbocycles. The Labute approximate surface area is 85.1 Å². The maximum Gasteiger partial charge on any atom is 0.128 e. The van der Waals surface area contributed by atoms with E-state index in [0.29, 0.717) is 6.04 Å². The lowest BCUT2D eigenvalue weighted by atomic mass is 10.1. The monoisotopic (exact) mass is 191 g/mol. The molecular formula is C11H17N3. The zero-order valence-electron chi connectivity index (χ0n) is 8.61. The van der Waals surface area contributed by atoms with E-state index in [4.69, 9.17) is 0 Å². The Morgan fingerprint density at radius 3 is 2.79 bits per heavy atom. The number of nitrogens with one attached hydrogen (secondary N) is 1. The summed E-state index contributed by atoms with van der Waals surface area (Å²) in [6.45, 7) is 2.25. The number of piperidine rings is 1. The van der Waals surface area contributed by atoms with Gasteiger partial charge in [0.2, 0.25) is 0 Å². The maximum absolute atomic E-state index is 4.36. The van der Waals surface area contributed by atoms with Crippen LogP contribution in [-0.2, 0) is 0 Å². The summed E-state index contributed by atoms with van der Waals surface area (Å²) in [5, 5.41) is 3.37. The number of nitrogens with zero attached hydrogens (tertiary/aromatic N) is 2. The van der Waals surface area contributed by atoms with Crippen LogP contribution in [0.3, 0.4) is 0 Å². The van der Waals surface area contributed by atoms with E-state index < -0.39 is 0 Å². The summed E-state index contributed by atoms with van der Waals surface area (Å²) < 4.78 is 0. The number of pyridine rings is 1. The molecule has 1 aliphatic rings. The van der Waals surface area contributed by atoms with Crippen molar-refractivity contribution in [2.75, 3.05) is 25.0 Å². The van der Waals surface area contributed by atoms with Gasteiger partial charge in [-0.05, 0) is 38.1 Å². The summed E-state index contributed by atoms with van der Waals surface area (Å²) in [5.41, 5.74) is 0. The Morgan fingerprint density at radius 2 is 2.14 bits per heavy atom. The van der Waals surface area contributed by atoms with E-state index in [2.05, 4.69) is 28.3 Å². The summed E-state index contributed by atoms with van der Waals surface area (Å²) in [7, 11) is 2.14. The second kappa shape index (κ2) is 4.42. The molecule has 2 heterocycles. The molecular weight excluding hydrogens is 174 g/mol. The molecule has 1 aromatic heterocycles. The van der Waals surface area contributed by atoms with Crippen molar-refractivity contribution in [1.82, 2.24) is 10.3 Å². The van der Waals surface area contributed by atoms with Gasteiger partial charge < -0.3 is 10.2 Å². The Morgan fingerprint density at radius 1 is 1.36 bits per heavy atom. The van der Waals surface area contributed by atoms with Crippen LogP contribution in [0.5, 0.6) is 0 Å². The quantitative estimate of drug-likeness (QED) is 0.763. The minimum Gasteiger partial charge on any atom is -0.357 e. The van der Waals surface area contributed by atoms with E-state index in [-0.39, 0.29) is 0 Å². The maximum atomic E-state index is 4.36. The Kier molecular flexibility index (Phi) is 2.99. The van der Waals surface area contributed by atoms with Gasteiger partial charge in [-0.2, -0.15) is 0 Å². The largest absolute Gasteiger partial charge is 0.357 e. The summed E-state index contributed by atoms with van der Waals surface area (Å²) in [6, 6.07) is 6.72. The Hall–Kier alpha value is -1.09. The fraction of sp³-hybridized carbons (Fsp3) is 0.545. The first-order valence-electron chi connectivity index (χ1n) is 5.22. The third-order valence-corrected chi connectivity index (χ3v) is 2.87. The van der Waals surface area contributed by atoms with Crippen LogP contribution in [0.25, 0.3) is 0 Å². The smallest absolute Gasteiger partial charge is 0.128 e. The molecule has 0 spiro atoms. The number of rotatable bonds is 2. The molecule has 3 nitrogen and oxygen atoms in total. The summed E-state index contributed by atoms with van der Waals surface area (Å²) in [6.07, 6.45) is 4.28. The molecule has 1 fully saturated rings. The molecule has 1 saturated heterocycles. The van der Waals surface area contributed by atoms with E-state index in [1.54, 1.807) is 0 Å². The van der Waals surface area contributed by atoms with E-state index in [1.165, 1.54) is 12.8 Å². The van der Waals surface area contributed by atoms with Gasteiger partial charge in [0.1, 0.15) is 5.82 Å². The van der Waals surface area contributed by atoms with Gasteiger partial charge in [0.25, 0.3) is 0 Å². The van der Waals surface area contributed by atoms with Gasteiger partial charge in [-0.15, -0.1) is 0 Å². The third kappa shape index (κ3) is 2.04. The van der Waals surface area contributed by atoms with E-state index >= 15 is 0 Å². The number of anilines is 1. The van der Waals surface area contributed by atoms with Gasteiger partial charge in [0, 0.05) is 19.3 Å². The average Bonchev–Trinajstić information content (AvgIpc) is 2.30. The van der Waals surface area contributed by atoms with Crippen LogP contribution in [-0.4, -0.2) is 31.2 Å². The molecule has 0 radical (unpaired) electrons. The van der Waals surface area contributed by atoms with Crippen LogP contribution >= 0.6 is 0 Å². The van der Waals surface area contributed by atoms with Crippen LogP contribution < -0.4 is 10.2 Å². The second-order valence-corrected chi connectivity index (χ2v) is 3.78. The lowest BCUT2D eigenvalue weighted by Crippen LogP contribution is -2.41. The highest BCUT2D eigenvalue weighted by Gasteiger charge is 2.18. The number of hydrogen-bond donors (Lipinski definition) is 1. The molecule has 1 aliphatic heterocycles. The van der Waals surface area contributed by atoms with Crippen molar-refractivity contribution < 1.29 is 0 Å². The van der Waals surface area contributed by atoms with Crippen molar-refractivity contribution in [3.63, 3.8) is 0 Å². The van der Waals surface area contributed by atoms with Gasteiger partial charge >= 0.3 is 0 Å². The molecule has 3 heteroatoms.